The van der Waals surface area contributed by atoms with Gasteiger partial charge in [-0.2, -0.15) is 17.7 Å². The molecule has 2 atom stereocenters. The van der Waals surface area contributed by atoms with E-state index in [0.29, 0.717) is 12.5 Å². The molecule has 1 aliphatic rings. The van der Waals surface area contributed by atoms with Gasteiger partial charge in [-0.1, -0.05) is 0 Å². The van der Waals surface area contributed by atoms with E-state index >= 15 is 0 Å². The van der Waals surface area contributed by atoms with Crippen molar-refractivity contribution >= 4 is 6.34 Å². The van der Waals surface area contributed by atoms with Crippen LogP contribution in [0.5, 0.6) is 0 Å². The summed E-state index contributed by atoms with van der Waals surface area (Å²) in [6.07, 6.45) is -7.73. The largest absolute Gasteiger partial charge is 0.440 e. The van der Waals surface area contributed by atoms with Gasteiger partial charge >= 0.3 is 18.4 Å². The minimum atomic E-state index is -5.60. The van der Waals surface area contributed by atoms with Crippen molar-refractivity contribution in [3.05, 3.63) is 12.4 Å². The molecule has 8 heteroatoms. The molecule has 0 spiro atoms. The molecule has 0 aromatic heterocycles. The standard InChI is InChI=1S/C7H7F6N2/c1-15(3-2-14-4-15)7(12,13)5(8)6(9,10)11/h2-5H,1H3/q+1. The van der Waals surface area contributed by atoms with Crippen molar-refractivity contribution in [2.24, 2.45) is 4.99 Å². The van der Waals surface area contributed by atoms with Gasteiger partial charge in [-0.3, -0.25) is 0 Å². The Morgan fingerprint density at radius 2 is 1.73 bits per heavy atom. The van der Waals surface area contributed by atoms with Crippen LogP contribution in [0.25, 0.3) is 0 Å². The molecule has 1 heterocycles. The van der Waals surface area contributed by atoms with Crippen molar-refractivity contribution in [3.8, 4) is 0 Å². The zero-order chi connectivity index (χ0) is 11.9. The minimum Gasteiger partial charge on any atom is -0.223 e. The van der Waals surface area contributed by atoms with Gasteiger partial charge in [0.2, 0.25) is 0 Å². The van der Waals surface area contributed by atoms with Gasteiger partial charge < -0.3 is 0 Å². The SMILES string of the molecule is C[N+]1(C(F)(F)C(F)C(F)(F)F)C=CN=C1. The van der Waals surface area contributed by atoms with Crippen molar-refractivity contribution < 1.29 is 30.8 Å². The first-order chi connectivity index (χ1) is 6.61. The summed E-state index contributed by atoms with van der Waals surface area (Å²) in [7, 11) is 0.727. The van der Waals surface area contributed by atoms with Crippen LogP contribution in [0.3, 0.4) is 0 Å². The Morgan fingerprint density at radius 3 is 2.07 bits per heavy atom. The Labute approximate surface area is 81.1 Å². The van der Waals surface area contributed by atoms with Crippen LogP contribution >= 0.6 is 0 Å². The molecule has 0 fully saturated rings. The van der Waals surface area contributed by atoms with Gasteiger partial charge in [-0.25, -0.2) is 9.38 Å². The number of hydrogen-bond acceptors (Lipinski definition) is 1. The molecule has 0 saturated heterocycles. The highest BCUT2D eigenvalue weighted by molar-refractivity contribution is 5.51. The Balaban J connectivity index is 3.02. The van der Waals surface area contributed by atoms with Gasteiger partial charge in [0, 0.05) is 0 Å². The Kier molecular flexibility index (Phi) is 2.58. The molecule has 0 saturated carbocycles. The Bertz CT molecular complexity index is 293. The van der Waals surface area contributed by atoms with Gasteiger partial charge in [0.1, 0.15) is 6.20 Å². The summed E-state index contributed by atoms with van der Waals surface area (Å²) < 4.78 is 72.7. The van der Waals surface area contributed by atoms with Crippen molar-refractivity contribution in [2.75, 3.05) is 7.05 Å². The van der Waals surface area contributed by atoms with E-state index in [9.17, 15) is 26.3 Å². The fraction of sp³-hybridized carbons (Fsp3) is 0.571. The third kappa shape index (κ3) is 1.85. The summed E-state index contributed by atoms with van der Waals surface area (Å²) in [4.78, 5) is 3.22. The number of rotatable bonds is 2. The quantitative estimate of drug-likeness (QED) is 0.394. The average molecular weight is 233 g/mol. The van der Waals surface area contributed by atoms with E-state index in [2.05, 4.69) is 4.99 Å². The average Bonchev–Trinajstić information content (AvgIpc) is 2.50. The number of hydrogen-bond donors (Lipinski definition) is 0. The van der Waals surface area contributed by atoms with E-state index < -0.39 is 22.9 Å². The fourth-order valence-corrected chi connectivity index (χ4v) is 1.01. The topological polar surface area (TPSA) is 12.4 Å². The van der Waals surface area contributed by atoms with Crippen LogP contribution in [-0.2, 0) is 0 Å². The summed E-state index contributed by atoms with van der Waals surface area (Å²) in [6.45, 7) is 0. The lowest BCUT2D eigenvalue weighted by atomic mass is 10.2. The molecule has 15 heavy (non-hydrogen) atoms. The zero-order valence-electron chi connectivity index (χ0n) is 7.47. The van der Waals surface area contributed by atoms with Gasteiger partial charge in [-0.15, -0.1) is 8.78 Å². The van der Waals surface area contributed by atoms with Gasteiger partial charge in [0.05, 0.1) is 13.2 Å². The maximum Gasteiger partial charge on any atom is 0.440 e. The minimum absolute atomic E-state index is 0.540. The molecule has 1 rings (SSSR count). The Morgan fingerprint density at radius 1 is 1.20 bits per heavy atom. The van der Waals surface area contributed by atoms with Crippen LogP contribution in [0, 0.1) is 0 Å². The maximum atomic E-state index is 13.1. The highest BCUT2D eigenvalue weighted by Crippen LogP contribution is 2.40. The molecular formula is C7H7F6N2+. The van der Waals surface area contributed by atoms with Crippen LogP contribution in [0.4, 0.5) is 26.3 Å². The lowest BCUT2D eigenvalue weighted by Crippen LogP contribution is -2.60. The molecule has 0 aromatic rings. The van der Waals surface area contributed by atoms with Crippen LogP contribution in [0.1, 0.15) is 0 Å². The number of nitrogens with zero attached hydrogens (tertiary/aromatic N) is 2. The third-order valence-electron chi connectivity index (χ3n) is 2.00. The summed E-state index contributed by atoms with van der Waals surface area (Å²) >= 11 is 0. The number of alkyl halides is 6. The molecule has 2 nitrogen and oxygen atoms in total. The zero-order valence-corrected chi connectivity index (χ0v) is 7.47. The first kappa shape index (κ1) is 12.0. The highest BCUT2D eigenvalue weighted by atomic mass is 19.4. The molecule has 0 bridgehead atoms. The molecule has 2 unspecified atom stereocenters. The van der Waals surface area contributed by atoms with Crippen molar-refractivity contribution in [3.63, 3.8) is 0 Å². The molecule has 86 valence electrons. The second-order valence-electron chi connectivity index (χ2n) is 3.20. The van der Waals surface area contributed by atoms with Crippen LogP contribution in [0.15, 0.2) is 17.4 Å². The molecule has 0 aromatic carbocycles. The normalized spacial score (nSPS) is 28.5. The van der Waals surface area contributed by atoms with E-state index in [1.165, 1.54) is 0 Å². The Hall–Kier alpha value is -1.05. The predicted molar refractivity (Wildman–Crippen MR) is 39.7 cm³/mol. The predicted octanol–water partition coefficient (Wildman–Crippen LogP) is 2.44. The molecular weight excluding hydrogens is 226 g/mol. The van der Waals surface area contributed by atoms with Gasteiger partial charge in [-0.05, 0) is 0 Å². The van der Waals surface area contributed by atoms with Crippen LogP contribution < -0.4 is 0 Å². The van der Waals surface area contributed by atoms with E-state index in [-0.39, 0.29) is 0 Å². The fourth-order valence-electron chi connectivity index (χ4n) is 1.01. The lowest BCUT2D eigenvalue weighted by Gasteiger charge is -2.33. The molecule has 0 radical (unpaired) electrons. The van der Waals surface area contributed by atoms with Crippen molar-refractivity contribution in [1.82, 2.24) is 0 Å². The highest BCUT2D eigenvalue weighted by Gasteiger charge is 2.67. The monoisotopic (exact) mass is 233 g/mol. The van der Waals surface area contributed by atoms with E-state index in [1.807, 2.05) is 0 Å². The second-order valence-corrected chi connectivity index (χ2v) is 3.20. The summed E-state index contributed by atoms with van der Waals surface area (Å²) in [5, 5.41) is 0. The summed E-state index contributed by atoms with van der Waals surface area (Å²) in [6, 6.07) is -4.63. The molecule has 0 aliphatic carbocycles. The number of quaternary nitrogens is 1. The van der Waals surface area contributed by atoms with Crippen LogP contribution in [-0.4, -0.2) is 36.3 Å². The number of aliphatic imine (C=N–C) groups is 1. The lowest BCUT2D eigenvalue weighted by molar-refractivity contribution is -0.872. The van der Waals surface area contributed by atoms with E-state index in [4.69, 9.17) is 0 Å². The smallest absolute Gasteiger partial charge is 0.223 e. The van der Waals surface area contributed by atoms with E-state index in [0.717, 1.165) is 13.2 Å². The first-order valence-corrected chi connectivity index (χ1v) is 3.78. The molecule has 0 amide bonds. The summed E-state index contributed by atoms with van der Waals surface area (Å²) in [5.74, 6) is 0. The van der Waals surface area contributed by atoms with Crippen LogP contribution in [0.2, 0.25) is 0 Å². The van der Waals surface area contributed by atoms with Gasteiger partial charge in [0.25, 0.3) is 0 Å². The maximum absolute atomic E-state index is 13.1. The molecule has 1 aliphatic heterocycles. The molecule has 0 N–H and O–H groups in total. The second kappa shape index (κ2) is 3.22. The van der Waals surface area contributed by atoms with Gasteiger partial charge in [0.15, 0.2) is 6.34 Å². The summed E-state index contributed by atoms with van der Waals surface area (Å²) in [5.41, 5.74) is 0. The van der Waals surface area contributed by atoms with Crippen molar-refractivity contribution in [2.45, 2.75) is 18.4 Å². The van der Waals surface area contributed by atoms with Crippen molar-refractivity contribution in [1.29, 1.82) is 0 Å². The first-order valence-electron chi connectivity index (χ1n) is 3.78. The third-order valence-corrected chi connectivity index (χ3v) is 2.00. The van der Waals surface area contributed by atoms with E-state index in [1.54, 1.807) is 0 Å². The number of halogens is 6.